The Balaban J connectivity index is 1.48. The SMILES string of the molecule is Clc1cc2c(cc1N(c1ccccc1)c1cccc3ccccc13)C(c1ccccc1)(c1ccccc1)c1ccccc1-2. The molecule has 0 heterocycles. The standard InChI is InChI=1S/C41H28ClN/c42-38-27-35-34-24-12-13-25-36(34)41(30-17-4-1-5-18-30,31-19-6-2-7-20-31)37(35)28-40(38)43(32-21-8-3-9-22-32)39-26-14-16-29-15-10-11-23-33(29)39/h1-28H. The summed E-state index contributed by atoms with van der Waals surface area (Å²) in [5, 5.41) is 3.07. The Kier molecular flexibility index (Phi) is 6.14. The lowest BCUT2D eigenvalue weighted by atomic mass is 9.67. The molecule has 1 aliphatic rings. The average molecular weight is 570 g/mol. The minimum absolute atomic E-state index is 0.505. The maximum atomic E-state index is 7.36. The third-order valence-corrected chi connectivity index (χ3v) is 9.09. The van der Waals surface area contributed by atoms with Crippen molar-refractivity contribution in [2.24, 2.45) is 0 Å². The van der Waals surface area contributed by atoms with Gasteiger partial charge in [0.2, 0.25) is 0 Å². The molecule has 1 aliphatic carbocycles. The molecule has 0 aromatic heterocycles. The summed E-state index contributed by atoms with van der Waals surface area (Å²) in [5.74, 6) is 0. The number of anilines is 3. The molecule has 0 spiro atoms. The van der Waals surface area contributed by atoms with Crippen LogP contribution in [0.25, 0.3) is 21.9 Å². The first-order chi connectivity index (χ1) is 21.3. The van der Waals surface area contributed by atoms with E-state index in [1.165, 1.54) is 44.2 Å². The molecule has 0 saturated heterocycles. The van der Waals surface area contributed by atoms with Crippen LogP contribution in [-0.2, 0) is 5.41 Å². The molecule has 0 saturated carbocycles. The summed E-state index contributed by atoms with van der Waals surface area (Å²) in [7, 11) is 0. The molecular weight excluding hydrogens is 542 g/mol. The van der Waals surface area contributed by atoms with Crippen molar-refractivity contribution in [2.45, 2.75) is 5.41 Å². The van der Waals surface area contributed by atoms with Crippen molar-refractivity contribution in [2.75, 3.05) is 4.90 Å². The minimum atomic E-state index is -0.505. The zero-order chi connectivity index (χ0) is 28.8. The van der Waals surface area contributed by atoms with Gasteiger partial charge in [0.1, 0.15) is 0 Å². The van der Waals surface area contributed by atoms with Crippen molar-refractivity contribution in [3.63, 3.8) is 0 Å². The van der Waals surface area contributed by atoms with E-state index in [4.69, 9.17) is 11.6 Å². The lowest BCUT2D eigenvalue weighted by Crippen LogP contribution is -2.28. The monoisotopic (exact) mass is 569 g/mol. The zero-order valence-electron chi connectivity index (χ0n) is 23.5. The first-order valence-electron chi connectivity index (χ1n) is 14.6. The van der Waals surface area contributed by atoms with Crippen molar-refractivity contribution < 1.29 is 0 Å². The third kappa shape index (κ3) is 3.93. The van der Waals surface area contributed by atoms with E-state index < -0.39 is 5.41 Å². The highest BCUT2D eigenvalue weighted by Crippen LogP contribution is 2.58. The van der Waals surface area contributed by atoms with E-state index in [0.29, 0.717) is 5.02 Å². The van der Waals surface area contributed by atoms with Crippen LogP contribution in [-0.4, -0.2) is 0 Å². The van der Waals surface area contributed by atoms with Crippen LogP contribution in [0.4, 0.5) is 17.1 Å². The zero-order valence-corrected chi connectivity index (χ0v) is 24.2. The second kappa shape index (κ2) is 10.3. The first-order valence-corrected chi connectivity index (χ1v) is 15.0. The van der Waals surface area contributed by atoms with Crippen LogP contribution >= 0.6 is 11.6 Å². The number of fused-ring (bicyclic) bond motifs is 4. The van der Waals surface area contributed by atoms with Crippen LogP contribution in [0.15, 0.2) is 170 Å². The third-order valence-electron chi connectivity index (χ3n) is 8.79. The number of benzene rings is 7. The predicted molar refractivity (Wildman–Crippen MR) is 181 cm³/mol. The van der Waals surface area contributed by atoms with Gasteiger partial charge in [0.25, 0.3) is 0 Å². The van der Waals surface area contributed by atoms with Crippen LogP contribution in [0.3, 0.4) is 0 Å². The second-order valence-corrected chi connectivity index (χ2v) is 11.5. The molecule has 0 atom stereocenters. The van der Waals surface area contributed by atoms with Crippen LogP contribution in [0.1, 0.15) is 22.3 Å². The Labute approximate surface area is 257 Å². The van der Waals surface area contributed by atoms with Gasteiger partial charge in [-0.05, 0) is 69.1 Å². The highest BCUT2D eigenvalue weighted by molar-refractivity contribution is 6.34. The van der Waals surface area contributed by atoms with Crippen LogP contribution in [0, 0.1) is 0 Å². The van der Waals surface area contributed by atoms with Gasteiger partial charge in [-0.25, -0.2) is 0 Å². The van der Waals surface area contributed by atoms with Gasteiger partial charge in [-0.3, -0.25) is 0 Å². The van der Waals surface area contributed by atoms with Crippen molar-refractivity contribution in [3.05, 3.63) is 197 Å². The highest BCUT2D eigenvalue weighted by Gasteiger charge is 2.46. The van der Waals surface area contributed by atoms with Gasteiger partial charge >= 0.3 is 0 Å². The summed E-state index contributed by atoms with van der Waals surface area (Å²) in [6.07, 6.45) is 0. The predicted octanol–water partition coefficient (Wildman–Crippen LogP) is 11.3. The van der Waals surface area contributed by atoms with Gasteiger partial charge in [0.15, 0.2) is 0 Å². The lowest BCUT2D eigenvalue weighted by Gasteiger charge is -2.35. The van der Waals surface area contributed by atoms with Crippen molar-refractivity contribution >= 4 is 39.4 Å². The Morgan fingerprint density at radius 3 is 1.74 bits per heavy atom. The summed E-state index contributed by atoms with van der Waals surface area (Å²) in [6, 6.07) is 60.7. The molecule has 0 N–H and O–H groups in total. The smallest absolute Gasteiger partial charge is 0.0714 e. The Hall–Kier alpha value is -5.11. The van der Waals surface area contributed by atoms with Gasteiger partial charge in [-0.15, -0.1) is 0 Å². The lowest BCUT2D eigenvalue weighted by molar-refractivity contribution is 0.768. The minimum Gasteiger partial charge on any atom is -0.308 e. The Morgan fingerprint density at radius 2 is 1.02 bits per heavy atom. The largest absolute Gasteiger partial charge is 0.308 e. The normalized spacial score (nSPS) is 13.0. The molecule has 0 fully saturated rings. The molecule has 0 amide bonds. The average Bonchev–Trinajstić information content (AvgIpc) is 3.36. The molecule has 43 heavy (non-hydrogen) atoms. The molecule has 7 aromatic carbocycles. The fourth-order valence-electron chi connectivity index (χ4n) is 7.01. The van der Waals surface area contributed by atoms with E-state index in [1.54, 1.807) is 0 Å². The summed E-state index contributed by atoms with van der Waals surface area (Å²) in [4.78, 5) is 2.31. The van der Waals surface area contributed by atoms with E-state index >= 15 is 0 Å². The van der Waals surface area contributed by atoms with Gasteiger partial charge in [0, 0.05) is 11.1 Å². The van der Waals surface area contributed by atoms with Crippen molar-refractivity contribution in [1.82, 2.24) is 0 Å². The molecule has 0 radical (unpaired) electrons. The van der Waals surface area contributed by atoms with E-state index in [1.807, 2.05) is 0 Å². The van der Waals surface area contributed by atoms with Gasteiger partial charge in [-0.1, -0.05) is 151 Å². The molecule has 204 valence electrons. The maximum Gasteiger partial charge on any atom is 0.0714 e. The van der Waals surface area contributed by atoms with E-state index in [2.05, 4.69) is 175 Å². The van der Waals surface area contributed by atoms with E-state index in [-0.39, 0.29) is 0 Å². The number of para-hydroxylation sites is 1. The first kappa shape index (κ1) is 25.6. The van der Waals surface area contributed by atoms with Gasteiger partial charge in [0.05, 0.1) is 21.8 Å². The number of nitrogens with zero attached hydrogens (tertiary/aromatic N) is 1. The Bertz CT molecular complexity index is 2040. The number of halogens is 1. The van der Waals surface area contributed by atoms with Crippen molar-refractivity contribution in [1.29, 1.82) is 0 Å². The molecular formula is C41H28ClN. The second-order valence-electron chi connectivity index (χ2n) is 11.0. The maximum absolute atomic E-state index is 7.36. The Morgan fingerprint density at radius 1 is 0.442 bits per heavy atom. The topological polar surface area (TPSA) is 3.24 Å². The number of hydrogen-bond acceptors (Lipinski definition) is 1. The molecule has 0 unspecified atom stereocenters. The summed E-state index contributed by atoms with van der Waals surface area (Å²) >= 11 is 7.36. The quantitative estimate of drug-likeness (QED) is 0.199. The summed E-state index contributed by atoms with van der Waals surface area (Å²) < 4.78 is 0. The molecule has 1 nitrogen and oxygen atoms in total. The van der Waals surface area contributed by atoms with E-state index in [9.17, 15) is 0 Å². The summed E-state index contributed by atoms with van der Waals surface area (Å²) in [5.41, 5.74) is 9.94. The fourth-order valence-corrected chi connectivity index (χ4v) is 7.26. The van der Waals surface area contributed by atoms with Crippen LogP contribution in [0.2, 0.25) is 5.02 Å². The molecule has 7 aromatic rings. The number of hydrogen-bond donors (Lipinski definition) is 0. The van der Waals surface area contributed by atoms with E-state index in [0.717, 1.165) is 17.1 Å². The van der Waals surface area contributed by atoms with Crippen LogP contribution in [0.5, 0.6) is 0 Å². The van der Waals surface area contributed by atoms with Gasteiger partial charge in [-0.2, -0.15) is 0 Å². The van der Waals surface area contributed by atoms with Gasteiger partial charge < -0.3 is 4.90 Å². The van der Waals surface area contributed by atoms with Crippen LogP contribution < -0.4 is 4.90 Å². The van der Waals surface area contributed by atoms with Crippen molar-refractivity contribution in [3.8, 4) is 11.1 Å². The molecule has 8 rings (SSSR count). The fraction of sp³-hybridized carbons (Fsp3) is 0.0244. The molecule has 0 aliphatic heterocycles. The highest BCUT2D eigenvalue weighted by atomic mass is 35.5. The number of rotatable bonds is 5. The molecule has 0 bridgehead atoms. The summed E-state index contributed by atoms with van der Waals surface area (Å²) in [6.45, 7) is 0. The molecule has 2 heteroatoms.